The smallest absolute Gasteiger partial charge is 0.136 e. The minimum absolute atomic E-state index is 0.00859. The van der Waals surface area contributed by atoms with Gasteiger partial charge in [0.1, 0.15) is 22.3 Å². The van der Waals surface area contributed by atoms with Gasteiger partial charge >= 0.3 is 0 Å². The average Bonchev–Trinajstić information content (AvgIpc) is 4.06. The second kappa shape index (κ2) is 12.4. The quantitative estimate of drug-likeness (QED) is 0.174. The standard InChI is InChI=1S/C62H41NO2/c1-62(2,3)46-32-53-47-22-42-14-12-38(40-16-18-57-49(26-40)51-24-34-8-4-6-10-36(34)30-59(51)64-57)20-44(42)28-55(47)63-56-29-45-21-39(13-15-43(45)23-48(56)54(33-46)61(53)63)41-17-19-58-50(27-41)52-25-35-9-5-7-11-37(35)31-60(52)65-58/h4-6,8-10,12-33H,7,11H2,1-3H3. The van der Waals surface area contributed by atoms with Crippen molar-refractivity contribution in [2.75, 3.05) is 0 Å². The Labute approximate surface area is 373 Å². The number of aryl methyl sites for hydroxylation is 1. The second-order valence-electron chi connectivity index (χ2n) is 19.7. The molecule has 0 amide bonds. The molecule has 0 N–H and O–H groups in total. The van der Waals surface area contributed by atoms with Crippen LogP contribution in [0.4, 0.5) is 0 Å². The molecule has 15 rings (SSSR count). The van der Waals surface area contributed by atoms with Gasteiger partial charge in [-0.15, -0.1) is 0 Å². The zero-order chi connectivity index (χ0) is 42.9. The van der Waals surface area contributed by atoms with Crippen molar-refractivity contribution in [3.8, 4) is 22.3 Å². The number of rotatable bonds is 2. The molecule has 0 saturated heterocycles. The SMILES string of the molecule is CC(C)(C)c1cc2c3cc4ccc(-c5ccc6oc7cc8c(cc7c6c5)C=CCC8)cc4cc3n3c4cc5cc(-c6ccc7oc8cc9ccccc9cc8c7c6)ccc5cc4c(c1)c23. The lowest BCUT2D eigenvalue weighted by atomic mass is 9.85. The maximum absolute atomic E-state index is 6.41. The molecule has 0 saturated carbocycles. The van der Waals surface area contributed by atoms with E-state index in [2.05, 4.69) is 195 Å². The van der Waals surface area contributed by atoms with Gasteiger partial charge in [0.05, 0.1) is 16.6 Å². The van der Waals surface area contributed by atoms with Crippen molar-refractivity contribution < 1.29 is 8.83 Å². The maximum Gasteiger partial charge on any atom is 0.136 e. The van der Waals surface area contributed by atoms with Crippen molar-refractivity contribution in [1.29, 1.82) is 0 Å². The Bertz CT molecular complexity index is 4450. The minimum Gasteiger partial charge on any atom is -0.456 e. The highest BCUT2D eigenvalue weighted by molar-refractivity contribution is 6.26. The number of allylic oxidation sites excluding steroid dienone is 1. The molecule has 1 aliphatic carbocycles. The van der Waals surface area contributed by atoms with Gasteiger partial charge in [-0.25, -0.2) is 0 Å². The molecule has 4 aromatic heterocycles. The van der Waals surface area contributed by atoms with Crippen LogP contribution in [0.25, 0.3) is 143 Å². The van der Waals surface area contributed by atoms with Crippen LogP contribution in [0.5, 0.6) is 0 Å². The van der Waals surface area contributed by atoms with Crippen LogP contribution in [0.1, 0.15) is 43.9 Å². The lowest BCUT2D eigenvalue weighted by Crippen LogP contribution is -2.10. The molecule has 0 aliphatic heterocycles. The van der Waals surface area contributed by atoms with Crippen molar-refractivity contribution in [3.63, 3.8) is 0 Å². The van der Waals surface area contributed by atoms with E-state index in [1.807, 2.05) is 0 Å². The average molecular weight is 832 g/mol. The van der Waals surface area contributed by atoms with Crippen LogP contribution in [-0.4, -0.2) is 4.40 Å². The van der Waals surface area contributed by atoms with E-state index in [-0.39, 0.29) is 5.41 Å². The summed E-state index contributed by atoms with van der Waals surface area (Å²) in [6.45, 7) is 6.99. The summed E-state index contributed by atoms with van der Waals surface area (Å²) in [5.41, 5.74) is 16.3. The molecule has 306 valence electrons. The molecule has 3 nitrogen and oxygen atoms in total. The van der Waals surface area contributed by atoms with Crippen molar-refractivity contribution in [3.05, 3.63) is 180 Å². The molecule has 14 aromatic rings. The normalized spacial score (nSPS) is 13.6. The third-order valence-electron chi connectivity index (χ3n) is 14.8. The highest BCUT2D eigenvalue weighted by Gasteiger charge is 2.24. The third kappa shape index (κ3) is 5.07. The molecule has 1 aliphatic rings. The van der Waals surface area contributed by atoms with Crippen LogP contribution < -0.4 is 0 Å². The van der Waals surface area contributed by atoms with Gasteiger partial charge in [-0.3, -0.25) is 0 Å². The Morgan fingerprint density at radius 1 is 0.415 bits per heavy atom. The Morgan fingerprint density at radius 3 is 1.54 bits per heavy atom. The first kappa shape index (κ1) is 35.6. The van der Waals surface area contributed by atoms with E-state index < -0.39 is 0 Å². The van der Waals surface area contributed by atoms with Gasteiger partial charge in [0.2, 0.25) is 0 Å². The fourth-order valence-electron chi connectivity index (χ4n) is 11.3. The molecule has 4 heterocycles. The predicted octanol–water partition coefficient (Wildman–Crippen LogP) is 17.7. The number of furan rings is 2. The largest absolute Gasteiger partial charge is 0.456 e. The van der Waals surface area contributed by atoms with Crippen LogP contribution in [0.3, 0.4) is 0 Å². The van der Waals surface area contributed by atoms with Gasteiger partial charge in [-0.2, -0.15) is 0 Å². The summed E-state index contributed by atoms with van der Waals surface area (Å²) in [5, 5.41) is 17.2. The van der Waals surface area contributed by atoms with Crippen LogP contribution in [0.2, 0.25) is 0 Å². The number of fused-ring (bicyclic) bond motifs is 16. The summed E-state index contributed by atoms with van der Waals surface area (Å²) in [6.07, 6.45) is 6.69. The fourth-order valence-corrected chi connectivity index (χ4v) is 11.3. The Kier molecular flexibility index (Phi) is 6.80. The van der Waals surface area contributed by atoms with E-state index in [1.54, 1.807) is 0 Å². The van der Waals surface area contributed by atoms with E-state index in [1.165, 1.54) is 120 Å². The zero-order valence-corrected chi connectivity index (χ0v) is 36.3. The van der Waals surface area contributed by atoms with Crippen LogP contribution >= 0.6 is 0 Å². The number of hydrogen-bond acceptors (Lipinski definition) is 2. The fraction of sp³-hybridized carbons (Fsp3) is 0.0968. The zero-order valence-electron chi connectivity index (χ0n) is 36.3. The van der Waals surface area contributed by atoms with Gasteiger partial charge in [-0.05, 0) is 187 Å². The van der Waals surface area contributed by atoms with Crippen LogP contribution in [0, 0.1) is 0 Å². The summed E-state index contributed by atoms with van der Waals surface area (Å²) in [4.78, 5) is 0. The molecular formula is C62H41NO2. The van der Waals surface area contributed by atoms with Crippen molar-refractivity contribution in [2.45, 2.75) is 39.0 Å². The molecule has 10 aromatic carbocycles. The van der Waals surface area contributed by atoms with E-state index in [0.717, 1.165) is 45.9 Å². The van der Waals surface area contributed by atoms with Gasteiger partial charge < -0.3 is 13.2 Å². The second-order valence-corrected chi connectivity index (χ2v) is 19.7. The molecule has 0 fully saturated rings. The van der Waals surface area contributed by atoms with E-state index in [9.17, 15) is 0 Å². The highest BCUT2D eigenvalue weighted by Crippen LogP contribution is 2.45. The van der Waals surface area contributed by atoms with Crippen molar-refractivity contribution >= 4 is 120 Å². The number of benzene rings is 10. The highest BCUT2D eigenvalue weighted by atomic mass is 16.3. The lowest BCUT2D eigenvalue weighted by Gasteiger charge is -2.19. The van der Waals surface area contributed by atoms with E-state index in [0.29, 0.717) is 0 Å². The summed E-state index contributed by atoms with van der Waals surface area (Å²) >= 11 is 0. The van der Waals surface area contributed by atoms with Crippen molar-refractivity contribution in [1.82, 2.24) is 4.40 Å². The summed E-state index contributed by atoms with van der Waals surface area (Å²) in [7, 11) is 0. The number of aromatic nitrogens is 1. The predicted molar refractivity (Wildman–Crippen MR) is 275 cm³/mol. The van der Waals surface area contributed by atoms with Gasteiger partial charge in [-0.1, -0.05) is 93.6 Å². The Morgan fingerprint density at radius 2 is 0.923 bits per heavy atom. The monoisotopic (exact) mass is 831 g/mol. The van der Waals surface area contributed by atoms with Gasteiger partial charge in [0.25, 0.3) is 0 Å². The first-order chi connectivity index (χ1) is 31.8. The third-order valence-corrected chi connectivity index (χ3v) is 14.8. The molecule has 0 bridgehead atoms. The first-order valence-electron chi connectivity index (χ1n) is 22.9. The van der Waals surface area contributed by atoms with Gasteiger partial charge in [0.15, 0.2) is 0 Å². The Hall–Kier alpha value is -7.88. The topological polar surface area (TPSA) is 30.7 Å². The first-order valence-corrected chi connectivity index (χ1v) is 22.9. The molecule has 0 spiro atoms. The summed E-state index contributed by atoms with van der Waals surface area (Å²) in [6, 6.07) is 59.4. The molecular weight excluding hydrogens is 791 g/mol. The van der Waals surface area contributed by atoms with Gasteiger partial charge in [0, 0.05) is 43.1 Å². The lowest BCUT2D eigenvalue weighted by molar-refractivity contribution is 0.592. The van der Waals surface area contributed by atoms with Crippen LogP contribution in [-0.2, 0) is 11.8 Å². The maximum atomic E-state index is 6.41. The Balaban J connectivity index is 0.916. The molecule has 0 atom stereocenters. The van der Waals surface area contributed by atoms with E-state index >= 15 is 0 Å². The van der Waals surface area contributed by atoms with Crippen molar-refractivity contribution in [2.24, 2.45) is 0 Å². The van der Waals surface area contributed by atoms with Crippen LogP contribution in [0.15, 0.2) is 173 Å². The molecule has 0 radical (unpaired) electrons. The number of nitrogens with zero attached hydrogens (tertiary/aromatic N) is 1. The molecule has 0 unspecified atom stereocenters. The summed E-state index contributed by atoms with van der Waals surface area (Å²) < 4.78 is 15.3. The molecule has 65 heavy (non-hydrogen) atoms. The molecule has 3 heteroatoms. The number of hydrogen-bond donors (Lipinski definition) is 0. The van der Waals surface area contributed by atoms with E-state index in [4.69, 9.17) is 8.83 Å². The summed E-state index contributed by atoms with van der Waals surface area (Å²) in [5.74, 6) is 0. The minimum atomic E-state index is -0.00859.